The van der Waals surface area contributed by atoms with Gasteiger partial charge in [-0.25, -0.2) is 4.99 Å². The summed E-state index contributed by atoms with van der Waals surface area (Å²) < 4.78 is 0. The molecule has 0 unspecified atom stereocenters. The van der Waals surface area contributed by atoms with Gasteiger partial charge >= 0.3 is 0 Å². The van der Waals surface area contributed by atoms with Gasteiger partial charge < -0.3 is 4.90 Å². The molecule has 0 aromatic heterocycles. The standard InChI is InChI=1S/C16H22N4/c1-14-6-5-7-15(12-14)20-11-8-16(18-20)17-13-19-9-3-2-4-10-19/h5-7,12-13H,2-4,8-11H2,1H3. The lowest BCUT2D eigenvalue weighted by Gasteiger charge is -2.23. The van der Waals surface area contributed by atoms with Crippen molar-refractivity contribution in [1.82, 2.24) is 4.90 Å². The molecule has 0 radical (unpaired) electrons. The largest absolute Gasteiger partial charge is 0.363 e. The molecule has 0 aliphatic carbocycles. The predicted molar refractivity (Wildman–Crippen MR) is 84.5 cm³/mol. The van der Waals surface area contributed by atoms with Crippen LogP contribution in [0.5, 0.6) is 0 Å². The fourth-order valence-corrected chi connectivity index (χ4v) is 2.69. The summed E-state index contributed by atoms with van der Waals surface area (Å²) in [4.78, 5) is 6.86. The summed E-state index contributed by atoms with van der Waals surface area (Å²) in [5, 5.41) is 6.66. The molecule has 0 spiro atoms. The normalized spacial score (nSPS) is 19.8. The summed E-state index contributed by atoms with van der Waals surface area (Å²) in [6.07, 6.45) is 6.84. The Balaban J connectivity index is 1.64. The molecule has 20 heavy (non-hydrogen) atoms. The topological polar surface area (TPSA) is 31.2 Å². The van der Waals surface area contributed by atoms with Gasteiger partial charge in [0, 0.05) is 26.1 Å². The van der Waals surface area contributed by atoms with Crippen molar-refractivity contribution in [2.45, 2.75) is 32.6 Å². The predicted octanol–water partition coefficient (Wildman–Crippen LogP) is 3.03. The summed E-state index contributed by atoms with van der Waals surface area (Å²) in [5.41, 5.74) is 2.43. The third kappa shape index (κ3) is 3.18. The van der Waals surface area contributed by atoms with Crippen LogP contribution in [0.3, 0.4) is 0 Å². The molecule has 0 amide bonds. The minimum Gasteiger partial charge on any atom is -0.363 e. The lowest BCUT2D eigenvalue weighted by atomic mass is 10.1. The van der Waals surface area contributed by atoms with Crippen LogP contribution in [0.2, 0.25) is 0 Å². The monoisotopic (exact) mass is 270 g/mol. The second-order valence-electron chi connectivity index (χ2n) is 5.57. The molecule has 4 nitrogen and oxygen atoms in total. The molecular weight excluding hydrogens is 248 g/mol. The van der Waals surface area contributed by atoms with Crippen LogP contribution in [0.4, 0.5) is 5.69 Å². The highest BCUT2D eigenvalue weighted by Crippen LogP contribution is 2.20. The number of hydrazone groups is 1. The average molecular weight is 270 g/mol. The van der Waals surface area contributed by atoms with Crippen molar-refractivity contribution in [3.05, 3.63) is 29.8 Å². The van der Waals surface area contributed by atoms with E-state index in [0.29, 0.717) is 0 Å². The van der Waals surface area contributed by atoms with Crippen LogP contribution < -0.4 is 5.01 Å². The highest BCUT2D eigenvalue weighted by Gasteiger charge is 2.15. The highest BCUT2D eigenvalue weighted by atomic mass is 15.5. The number of rotatable bonds is 2. The van der Waals surface area contributed by atoms with Crippen LogP contribution in [0.1, 0.15) is 31.2 Å². The molecule has 0 saturated carbocycles. The SMILES string of the molecule is Cc1cccc(N2CCC(N=CN3CCCCC3)=N2)c1. The van der Waals surface area contributed by atoms with Gasteiger partial charge in [-0.1, -0.05) is 12.1 Å². The van der Waals surface area contributed by atoms with Crippen molar-refractivity contribution in [2.24, 2.45) is 10.1 Å². The van der Waals surface area contributed by atoms with Gasteiger partial charge in [-0.15, -0.1) is 0 Å². The van der Waals surface area contributed by atoms with Gasteiger partial charge in [0.25, 0.3) is 0 Å². The number of benzene rings is 1. The first-order chi connectivity index (χ1) is 9.81. The highest BCUT2D eigenvalue weighted by molar-refractivity contribution is 5.91. The van der Waals surface area contributed by atoms with E-state index < -0.39 is 0 Å². The number of anilines is 1. The molecule has 2 heterocycles. The Morgan fingerprint density at radius 3 is 2.80 bits per heavy atom. The van der Waals surface area contributed by atoms with Gasteiger partial charge in [0.1, 0.15) is 0 Å². The molecule has 1 saturated heterocycles. The first kappa shape index (κ1) is 13.2. The molecule has 4 heteroatoms. The van der Waals surface area contributed by atoms with E-state index in [-0.39, 0.29) is 0 Å². The zero-order valence-corrected chi connectivity index (χ0v) is 12.1. The molecule has 106 valence electrons. The van der Waals surface area contributed by atoms with Crippen LogP contribution in [-0.4, -0.2) is 36.7 Å². The fraction of sp³-hybridized carbons (Fsp3) is 0.500. The number of piperidine rings is 1. The molecule has 2 aliphatic heterocycles. The maximum atomic E-state index is 4.61. The number of nitrogens with zero attached hydrogens (tertiary/aromatic N) is 4. The molecular formula is C16H22N4. The number of amidine groups is 1. The lowest BCUT2D eigenvalue weighted by Crippen LogP contribution is -2.28. The molecule has 3 rings (SSSR count). The average Bonchev–Trinajstić information content (AvgIpc) is 2.95. The lowest BCUT2D eigenvalue weighted by molar-refractivity contribution is 0.351. The second-order valence-corrected chi connectivity index (χ2v) is 5.57. The van der Waals surface area contributed by atoms with E-state index in [1.54, 1.807) is 0 Å². The van der Waals surface area contributed by atoms with Gasteiger partial charge in [0.15, 0.2) is 5.84 Å². The Morgan fingerprint density at radius 1 is 1.15 bits per heavy atom. The third-order valence-corrected chi connectivity index (χ3v) is 3.84. The molecule has 0 N–H and O–H groups in total. The number of hydrogen-bond acceptors (Lipinski definition) is 3. The number of aliphatic imine (C=N–C) groups is 1. The van der Waals surface area contributed by atoms with Gasteiger partial charge in [-0.3, -0.25) is 5.01 Å². The quantitative estimate of drug-likeness (QED) is 0.611. The van der Waals surface area contributed by atoms with Crippen LogP contribution in [-0.2, 0) is 0 Å². The van der Waals surface area contributed by atoms with Crippen molar-refractivity contribution in [1.29, 1.82) is 0 Å². The Labute approximate surface area is 120 Å². The van der Waals surface area contributed by atoms with Crippen LogP contribution in [0, 0.1) is 6.92 Å². The van der Waals surface area contributed by atoms with Gasteiger partial charge in [-0.2, -0.15) is 5.10 Å². The van der Waals surface area contributed by atoms with E-state index in [1.165, 1.54) is 24.8 Å². The fourth-order valence-electron chi connectivity index (χ4n) is 2.69. The summed E-state index contributed by atoms with van der Waals surface area (Å²) in [5.74, 6) is 0.942. The first-order valence-electron chi connectivity index (χ1n) is 7.51. The van der Waals surface area contributed by atoms with E-state index in [2.05, 4.69) is 51.2 Å². The van der Waals surface area contributed by atoms with Crippen molar-refractivity contribution in [3.63, 3.8) is 0 Å². The minimum atomic E-state index is 0.927. The van der Waals surface area contributed by atoms with Gasteiger partial charge in [-0.05, 0) is 43.9 Å². The zero-order chi connectivity index (χ0) is 13.8. The second kappa shape index (κ2) is 6.07. The van der Waals surface area contributed by atoms with E-state index in [1.807, 2.05) is 6.34 Å². The maximum absolute atomic E-state index is 4.61. The summed E-state index contributed by atoms with van der Waals surface area (Å²) in [6, 6.07) is 8.46. The van der Waals surface area contributed by atoms with Crippen molar-refractivity contribution < 1.29 is 0 Å². The molecule has 1 aromatic carbocycles. The van der Waals surface area contributed by atoms with Crippen molar-refractivity contribution in [3.8, 4) is 0 Å². The molecule has 0 bridgehead atoms. The van der Waals surface area contributed by atoms with Gasteiger partial charge in [0.2, 0.25) is 0 Å². The molecule has 1 fully saturated rings. The Morgan fingerprint density at radius 2 is 2.00 bits per heavy atom. The van der Waals surface area contributed by atoms with Crippen LogP contribution in [0.25, 0.3) is 0 Å². The third-order valence-electron chi connectivity index (χ3n) is 3.84. The maximum Gasteiger partial charge on any atom is 0.152 e. The smallest absolute Gasteiger partial charge is 0.152 e. The number of hydrogen-bond donors (Lipinski definition) is 0. The zero-order valence-electron chi connectivity index (χ0n) is 12.1. The van der Waals surface area contributed by atoms with E-state index >= 15 is 0 Å². The molecule has 2 aliphatic rings. The van der Waals surface area contributed by atoms with E-state index in [4.69, 9.17) is 0 Å². The van der Waals surface area contributed by atoms with Gasteiger partial charge in [0.05, 0.1) is 12.0 Å². The minimum absolute atomic E-state index is 0.927. The van der Waals surface area contributed by atoms with Crippen molar-refractivity contribution in [2.75, 3.05) is 24.6 Å². The van der Waals surface area contributed by atoms with E-state index in [9.17, 15) is 0 Å². The molecule has 1 aromatic rings. The Hall–Kier alpha value is -1.84. The Bertz CT molecular complexity index is 515. The van der Waals surface area contributed by atoms with Crippen molar-refractivity contribution >= 4 is 17.9 Å². The summed E-state index contributed by atoms with van der Waals surface area (Å²) in [7, 11) is 0. The summed E-state index contributed by atoms with van der Waals surface area (Å²) in [6.45, 7) is 5.31. The Kier molecular flexibility index (Phi) is 4.00. The number of likely N-dealkylation sites (tertiary alicyclic amines) is 1. The molecule has 0 atom stereocenters. The van der Waals surface area contributed by atoms with E-state index in [0.717, 1.165) is 37.6 Å². The number of aryl methyl sites for hydroxylation is 1. The van der Waals surface area contributed by atoms with Crippen LogP contribution in [0.15, 0.2) is 34.4 Å². The first-order valence-corrected chi connectivity index (χ1v) is 7.51. The summed E-state index contributed by atoms with van der Waals surface area (Å²) >= 11 is 0. The van der Waals surface area contributed by atoms with Crippen LogP contribution >= 0.6 is 0 Å².